The molecule has 0 N–H and O–H groups in total. The van der Waals surface area contributed by atoms with Crippen molar-refractivity contribution in [1.82, 2.24) is 0 Å². The van der Waals surface area contributed by atoms with Gasteiger partial charge in [0.15, 0.2) is 6.10 Å². The highest BCUT2D eigenvalue weighted by Gasteiger charge is 2.19. The molecule has 6 heteroatoms. The Morgan fingerprint density at radius 2 is 0.550 bits per heavy atom. The average molecular weight is 843 g/mol. The van der Waals surface area contributed by atoms with E-state index in [4.69, 9.17) is 14.2 Å². The van der Waals surface area contributed by atoms with Crippen LogP contribution in [-0.2, 0) is 28.6 Å². The number of esters is 3. The van der Waals surface area contributed by atoms with E-state index >= 15 is 0 Å². The second-order valence-electron chi connectivity index (χ2n) is 17.4. The summed E-state index contributed by atoms with van der Waals surface area (Å²) in [5.41, 5.74) is 0. The lowest BCUT2D eigenvalue weighted by molar-refractivity contribution is -0.167. The van der Waals surface area contributed by atoms with E-state index in [-0.39, 0.29) is 31.1 Å². The third-order valence-corrected chi connectivity index (χ3v) is 11.3. The summed E-state index contributed by atoms with van der Waals surface area (Å²) < 4.78 is 16.8. The molecule has 0 spiro atoms. The number of unbranched alkanes of at least 4 members (excludes halogenated alkanes) is 30. The molecule has 0 rings (SSSR count). The molecule has 0 aromatic carbocycles. The van der Waals surface area contributed by atoms with Gasteiger partial charge >= 0.3 is 17.9 Å². The van der Waals surface area contributed by atoms with Gasteiger partial charge in [-0.25, -0.2) is 0 Å². The van der Waals surface area contributed by atoms with E-state index in [1.165, 1.54) is 148 Å². The van der Waals surface area contributed by atoms with E-state index in [9.17, 15) is 14.4 Å². The first-order valence-corrected chi connectivity index (χ1v) is 26.0. The van der Waals surface area contributed by atoms with E-state index in [0.29, 0.717) is 19.3 Å². The summed E-state index contributed by atoms with van der Waals surface area (Å²) in [6, 6.07) is 0. The lowest BCUT2D eigenvalue weighted by Crippen LogP contribution is -2.30. The van der Waals surface area contributed by atoms with Gasteiger partial charge < -0.3 is 14.2 Å². The van der Waals surface area contributed by atoms with Crippen LogP contribution >= 0.6 is 0 Å². The van der Waals surface area contributed by atoms with Crippen molar-refractivity contribution in [3.05, 3.63) is 36.5 Å². The van der Waals surface area contributed by atoms with Gasteiger partial charge in [-0.15, -0.1) is 0 Å². The van der Waals surface area contributed by atoms with Crippen molar-refractivity contribution in [2.45, 2.75) is 277 Å². The Bertz CT molecular complexity index is 1020. The maximum Gasteiger partial charge on any atom is 0.306 e. The first-order valence-electron chi connectivity index (χ1n) is 26.0. The molecule has 0 heterocycles. The second kappa shape index (κ2) is 49.3. The summed E-state index contributed by atoms with van der Waals surface area (Å²) in [7, 11) is 0. The zero-order chi connectivity index (χ0) is 43.7. The molecule has 0 radical (unpaired) electrons. The van der Waals surface area contributed by atoms with E-state index < -0.39 is 6.10 Å². The topological polar surface area (TPSA) is 78.9 Å². The van der Waals surface area contributed by atoms with Gasteiger partial charge in [0.05, 0.1) is 0 Å². The molecule has 0 unspecified atom stereocenters. The van der Waals surface area contributed by atoms with Gasteiger partial charge in [-0.2, -0.15) is 0 Å². The summed E-state index contributed by atoms with van der Waals surface area (Å²) in [5.74, 6) is -0.898. The van der Waals surface area contributed by atoms with Crippen LogP contribution in [0.4, 0.5) is 0 Å². The largest absolute Gasteiger partial charge is 0.462 e. The molecule has 1 atom stereocenters. The molecular weight excluding hydrogens is 745 g/mol. The van der Waals surface area contributed by atoms with Crippen LogP contribution in [0.15, 0.2) is 36.5 Å². The van der Waals surface area contributed by atoms with Crippen LogP contribution in [0.5, 0.6) is 0 Å². The molecule has 0 aliphatic rings. The molecule has 350 valence electrons. The van der Waals surface area contributed by atoms with Crippen LogP contribution < -0.4 is 0 Å². The van der Waals surface area contributed by atoms with Gasteiger partial charge in [-0.05, 0) is 96.3 Å². The third kappa shape index (κ3) is 46.7. The third-order valence-electron chi connectivity index (χ3n) is 11.3. The Morgan fingerprint density at radius 3 is 0.867 bits per heavy atom. The predicted molar refractivity (Wildman–Crippen MR) is 256 cm³/mol. The highest BCUT2D eigenvalue weighted by Crippen LogP contribution is 2.14. The Kier molecular flexibility index (Phi) is 47.3. The smallest absolute Gasteiger partial charge is 0.306 e. The number of rotatable bonds is 47. The highest BCUT2D eigenvalue weighted by molar-refractivity contribution is 5.71. The Labute approximate surface area is 372 Å². The normalized spacial score (nSPS) is 12.2. The summed E-state index contributed by atoms with van der Waals surface area (Å²) >= 11 is 0. The number of ether oxygens (including phenoxy) is 3. The van der Waals surface area contributed by atoms with Gasteiger partial charge in [0, 0.05) is 19.3 Å². The number of allylic oxidation sites excluding steroid dienone is 6. The molecule has 0 saturated carbocycles. The molecule has 0 aromatic heterocycles. The van der Waals surface area contributed by atoms with Gasteiger partial charge in [0.1, 0.15) is 13.2 Å². The van der Waals surface area contributed by atoms with E-state index in [0.717, 1.165) is 83.5 Å². The molecular formula is C54H98O6. The summed E-state index contributed by atoms with van der Waals surface area (Å²) in [5, 5.41) is 0. The minimum atomic E-state index is -0.780. The van der Waals surface area contributed by atoms with Crippen molar-refractivity contribution < 1.29 is 28.6 Å². The van der Waals surface area contributed by atoms with Crippen LogP contribution in [0.3, 0.4) is 0 Å². The lowest BCUT2D eigenvalue weighted by Gasteiger charge is -2.18. The van der Waals surface area contributed by atoms with Crippen molar-refractivity contribution >= 4 is 17.9 Å². The van der Waals surface area contributed by atoms with E-state index in [2.05, 4.69) is 57.2 Å². The maximum absolute atomic E-state index is 12.8. The summed E-state index contributed by atoms with van der Waals surface area (Å²) in [6.45, 7) is 6.60. The maximum atomic E-state index is 12.8. The molecule has 0 bridgehead atoms. The number of hydrogen-bond donors (Lipinski definition) is 0. The van der Waals surface area contributed by atoms with E-state index in [1.54, 1.807) is 0 Å². The summed E-state index contributed by atoms with van der Waals surface area (Å²) in [6.07, 6.45) is 56.9. The van der Waals surface area contributed by atoms with Crippen molar-refractivity contribution in [2.24, 2.45) is 0 Å². The molecule has 60 heavy (non-hydrogen) atoms. The second-order valence-corrected chi connectivity index (χ2v) is 17.4. The number of carbonyl (C=O) groups is 3. The monoisotopic (exact) mass is 843 g/mol. The molecule has 0 aromatic rings. The Balaban J connectivity index is 4.39. The molecule has 0 aliphatic heterocycles. The van der Waals surface area contributed by atoms with Gasteiger partial charge in [0.2, 0.25) is 0 Å². The summed E-state index contributed by atoms with van der Waals surface area (Å²) in [4.78, 5) is 37.9. The van der Waals surface area contributed by atoms with Gasteiger partial charge in [-0.3, -0.25) is 14.4 Å². The number of hydrogen-bond acceptors (Lipinski definition) is 6. The number of carbonyl (C=O) groups excluding carboxylic acids is 3. The molecule has 0 saturated heterocycles. The van der Waals surface area contributed by atoms with Gasteiger partial charge in [0.25, 0.3) is 0 Å². The first-order chi connectivity index (χ1) is 29.5. The Morgan fingerprint density at radius 1 is 0.317 bits per heavy atom. The first kappa shape index (κ1) is 57.6. The van der Waals surface area contributed by atoms with Crippen molar-refractivity contribution in [1.29, 1.82) is 0 Å². The minimum absolute atomic E-state index is 0.0810. The minimum Gasteiger partial charge on any atom is -0.462 e. The molecule has 0 amide bonds. The van der Waals surface area contributed by atoms with Crippen LogP contribution in [0, 0.1) is 0 Å². The molecule has 0 fully saturated rings. The van der Waals surface area contributed by atoms with Crippen LogP contribution in [0.25, 0.3) is 0 Å². The van der Waals surface area contributed by atoms with Crippen LogP contribution in [-0.4, -0.2) is 37.2 Å². The van der Waals surface area contributed by atoms with Crippen LogP contribution in [0.2, 0.25) is 0 Å². The fourth-order valence-electron chi connectivity index (χ4n) is 7.37. The quantitative estimate of drug-likeness (QED) is 0.0263. The van der Waals surface area contributed by atoms with Crippen molar-refractivity contribution in [3.63, 3.8) is 0 Å². The predicted octanol–water partition coefficient (Wildman–Crippen LogP) is 16.9. The van der Waals surface area contributed by atoms with Crippen LogP contribution in [0.1, 0.15) is 271 Å². The zero-order valence-electron chi connectivity index (χ0n) is 40.0. The SMILES string of the molecule is CCCCC/C=C\CCCCCCCC(=O)OC[C@H](COC(=O)CCCCCCC/C=C\CCCCCCCC)OC(=O)CCCCCCC/C=C\CCCCCCCC. The van der Waals surface area contributed by atoms with Crippen molar-refractivity contribution in [2.75, 3.05) is 13.2 Å². The van der Waals surface area contributed by atoms with E-state index in [1.807, 2.05) is 0 Å². The fraction of sp³-hybridized carbons (Fsp3) is 0.833. The average Bonchev–Trinajstić information content (AvgIpc) is 3.24. The standard InChI is InChI=1S/C54H98O6/c1-4-7-10-13-16-19-22-25-27-29-32-35-38-41-44-47-53(56)59-50-51(49-58-52(55)46-43-40-37-34-31-24-21-18-15-12-9-6-3)60-54(57)48-45-42-39-36-33-30-28-26-23-20-17-14-11-8-5-2/h18,21,25-28,51H,4-17,19-20,22-24,29-50H2,1-3H3/b21-18-,27-25-,28-26-/t51-/m1/s1. The van der Waals surface area contributed by atoms with Crippen molar-refractivity contribution in [3.8, 4) is 0 Å². The highest BCUT2D eigenvalue weighted by atomic mass is 16.6. The lowest BCUT2D eigenvalue weighted by atomic mass is 10.1. The zero-order valence-corrected chi connectivity index (χ0v) is 40.0. The molecule has 6 nitrogen and oxygen atoms in total. The van der Waals surface area contributed by atoms with Gasteiger partial charge in [-0.1, -0.05) is 192 Å². The Hall–Kier alpha value is -2.37. The molecule has 0 aliphatic carbocycles. The fourth-order valence-corrected chi connectivity index (χ4v) is 7.37.